The molecule has 2 aromatic carbocycles. The Kier molecular flexibility index (Phi) is 7.35. The van der Waals surface area contributed by atoms with Crippen molar-refractivity contribution in [3.8, 4) is 0 Å². The van der Waals surface area contributed by atoms with Gasteiger partial charge in [0.15, 0.2) is 0 Å². The number of carbonyl (C=O) groups is 2. The summed E-state index contributed by atoms with van der Waals surface area (Å²) in [6.45, 7) is 3.91. The third-order valence-electron chi connectivity index (χ3n) is 6.34. The van der Waals surface area contributed by atoms with E-state index in [1.807, 2.05) is 6.92 Å². The number of nitrogens with zero attached hydrogens (tertiary/aromatic N) is 3. The second kappa shape index (κ2) is 10.3. The van der Waals surface area contributed by atoms with Crippen LogP contribution in [0.2, 0.25) is 0 Å². The molecule has 0 fully saturated rings. The van der Waals surface area contributed by atoms with Crippen LogP contribution in [0.4, 0.5) is 23.4 Å². The number of aliphatic hydroxyl groups excluding tert-OH is 1. The van der Waals surface area contributed by atoms with Gasteiger partial charge >= 0.3 is 6.18 Å². The monoisotopic (exact) mass is 518 g/mol. The molecule has 0 saturated carbocycles. The Morgan fingerprint density at radius 3 is 2.43 bits per heavy atom. The van der Waals surface area contributed by atoms with E-state index in [4.69, 9.17) is 0 Å². The Balaban J connectivity index is 1.85. The van der Waals surface area contributed by atoms with E-state index in [-0.39, 0.29) is 12.1 Å². The third-order valence-corrected chi connectivity index (χ3v) is 6.34. The van der Waals surface area contributed by atoms with Crippen molar-refractivity contribution in [3.05, 3.63) is 82.3 Å². The molecule has 1 aliphatic rings. The van der Waals surface area contributed by atoms with Gasteiger partial charge in [0.2, 0.25) is 0 Å². The molecule has 2 amide bonds. The third kappa shape index (κ3) is 4.95. The quantitative estimate of drug-likeness (QED) is 0.458. The number of fused-ring (bicyclic) bond motifs is 1. The maximum atomic E-state index is 13.8. The van der Waals surface area contributed by atoms with Crippen LogP contribution < -0.4 is 10.2 Å². The largest absolute Gasteiger partial charge is 0.416 e. The maximum Gasteiger partial charge on any atom is 0.416 e. The van der Waals surface area contributed by atoms with Crippen LogP contribution in [0.5, 0.6) is 0 Å². The lowest BCUT2D eigenvalue weighted by molar-refractivity contribution is -0.137. The minimum Gasteiger partial charge on any atom is -0.390 e. The molecule has 37 heavy (non-hydrogen) atoms. The Labute approximate surface area is 210 Å². The molecule has 0 spiro atoms. The molecule has 3 aromatic rings. The summed E-state index contributed by atoms with van der Waals surface area (Å²) in [4.78, 5) is 28.4. The summed E-state index contributed by atoms with van der Waals surface area (Å²) in [5.74, 6) is -2.27. The first-order chi connectivity index (χ1) is 17.6. The number of aromatic nitrogens is 2. The summed E-state index contributed by atoms with van der Waals surface area (Å²) in [6.07, 6.45) is -3.95. The molecule has 1 aromatic heterocycles. The first-order valence-electron chi connectivity index (χ1n) is 11.9. The second-order valence-corrected chi connectivity index (χ2v) is 8.71. The number of rotatable bonds is 7. The van der Waals surface area contributed by atoms with Crippen molar-refractivity contribution in [1.29, 1.82) is 0 Å². The fourth-order valence-corrected chi connectivity index (χ4v) is 4.73. The van der Waals surface area contributed by atoms with Gasteiger partial charge < -0.3 is 10.4 Å². The normalized spacial score (nSPS) is 17.6. The first-order valence-corrected chi connectivity index (χ1v) is 11.9. The van der Waals surface area contributed by atoms with E-state index in [1.54, 1.807) is 11.6 Å². The lowest BCUT2D eigenvalue weighted by Crippen LogP contribution is -2.55. The van der Waals surface area contributed by atoms with E-state index >= 15 is 0 Å². The van der Waals surface area contributed by atoms with Crippen LogP contribution in [0.3, 0.4) is 0 Å². The molecule has 0 radical (unpaired) electrons. The highest BCUT2D eigenvalue weighted by atomic mass is 19.4. The number of anilines is 1. The summed E-state index contributed by atoms with van der Waals surface area (Å²) < 4.78 is 55.1. The van der Waals surface area contributed by atoms with Crippen molar-refractivity contribution in [2.45, 2.75) is 51.6 Å². The van der Waals surface area contributed by atoms with Gasteiger partial charge in [0.25, 0.3) is 11.8 Å². The topological polar surface area (TPSA) is 87.5 Å². The second-order valence-electron chi connectivity index (χ2n) is 8.71. The SMILES string of the molecule is CCCn1nc(CO)c2c1N(CC)C(=O)[C@@H](NC(=O)c1cccc(C(F)(F)F)c1)[C@H]2c1ccc(F)cc1. The Morgan fingerprint density at radius 1 is 1.14 bits per heavy atom. The van der Waals surface area contributed by atoms with Gasteiger partial charge in [-0.2, -0.15) is 18.3 Å². The molecular formula is C26H26F4N4O3. The smallest absolute Gasteiger partial charge is 0.390 e. The zero-order valence-corrected chi connectivity index (χ0v) is 20.2. The molecule has 11 heteroatoms. The van der Waals surface area contributed by atoms with Gasteiger partial charge in [0.05, 0.1) is 17.9 Å². The van der Waals surface area contributed by atoms with E-state index in [0.717, 1.165) is 18.2 Å². The minimum absolute atomic E-state index is 0.220. The lowest BCUT2D eigenvalue weighted by atomic mass is 9.81. The lowest BCUT2D eigenvalue weighted by Gasteiger charge is -2.38. The minimum atomic E-state index is -4.65. The average Bonchev–Trinajstić information content (AvgIpc) is 3.23. The summed E-state index contributed by atoms with van der Waals surface area (Å²) in [7, 11) is 0. The van der Waals surface area contributed by atoms with Crippen molar-refractivity contribution >= 4 is 17.6 Å². The maximum absolute atomic E-state index is 13.8. The molecule has 7 nitrogen and oxygen atoms in total. The molecule has 2 atom stereocenters. The van der Waals surface area contributed by atoms with Gasteiger partial charge in [-0.25, -0.2) is 9.07 Å². The molecule has 0 aliphatic carbocycles. The van der Waals surface area contributed by atoms with Crippen molar-refractivity contribution in [3.63, 3.8) is 0 Å². The molecule has 0 bridgehead atoms. The highest BCUT2D eigenvalue weighted by Crippen LogP contribution is 2.43. The number of hydrogen-bond donors (Lipinski definition) is 2. The van der Waals surface area contributed by atoms with Crippen molar-refractivity contribution in [2.75, 3.05) is 11.4 Å². The van der Waals surface area contributed by atoms with Gasteiger partial charge in [-0.1, -0.05) is 25.1 Å². The zero-order valence-electron chi connectivity index (χ0n) is 20.2. The fraction of sp³-hybridized carbons (Fsp3) is 0.346. The Hall–Kier alpha value is -3.73. The summed E-state index contributed by atoms with van der Waals surface area (Å²) >= 11 is 0. The Morgan fingerprint density at radius 2 is 1.84 bits per heavy atom. The van der Waals surface area contributed by atoms with Crippen LogP contribution in [0, 0.1) is 5.82 Å². The highest BCUT2D eigenvalue weighted by molar-refractivity contribution is 6.05. The Bertz CT molecular complexity index is 1300. The average molecular weight is 519 g/mol. The van der Waals surface area contributed by atoms with E-state index in [1.165, 1.54) is 35.2 Å². The van der Waals surface area contributed by atoms with Gasteiger partial charge in [0, 0.05) is 30.1 Å². The summed E-state index contributed by atoms with van der Waals surface area (Å²) in [6, 6.07) is 8.05. The number of amides is 2. The number of aryl methyl sites for hydroxylation is 1. The number of hydrogen-bond acceptors (Lipinski definition) is 4. The van der Waals surface area contributed by atoms with Crippen LogP contribution in [0.25, 0.3) is 0 Å². The predicted octanol–water partition coefficient (Wildman–Crippen LogP) is 4.24. The van der Waals surface area contributed by atoms with Crippen LogP contribution in [-0.2, 0) is 24.1 Å². The van der Waals surface area contributed by atoms with Crippen LogP contribution >= 0.6 is 0 Å². The molecule has 2 N–H and O–H groups in total. The van der Waals surface area contributed by atoms with Crippen LogP contribution in [-0.4, -0.2) is 39.3 Å². The van der Waals surface area contributed by atoms with Gasteiger partial charge in [-0.15, -0.1) is 0 Å². The van der Waals surface area contributed by atoms with E-state index in [9.17, 15) is 32.3 Å². The van der Waals surface area contributed by atoms with Crippen molar-refractivity contribution in [1.82, 2.24) is 15.1 Å². The number of carbonyl (C=O) groups excluding carboxylic acids is 2. The summed E-state index contributed by atoms with van der Waals surface area (Å²) in [5, 5.41) is 17.2. The molecule has 0 saturated heterocycles. The van der Waals surface area contributed by atoms with Crippen molar-refractivity contribution in [2.24, 2.45) is 0 Å². The van der Waals surface area contributed by atoms with Gasteiger partial charge in [0.1, 0.15) is 17.7 Å². The van der Waals surface area contributed by atoms with E-state index in [2.05, 4.69) is 10.4 Å². The number of benzene rings is 2. The van der Waals surface area contributed by atoms with E-state index in [0.29, 0.717) is 35.6 Å². The highest BCUT2D eigenvalue weighted by Gasteiger charge is 2.45. The molecule has 2 heterocycles. The summed E-state index contributed by atoms with van der Waals surface area (Å²) in [5.41, 5.74) is 0.0108. The van der Waals surface area contributed by atoms with E-state index < -0.39 is 47.9 Å². The van der Waals surface area contributed by atoms with Gasteiger partial charge in [-0.05, 0) is 49.2 Å². The van der Waals surface area contributed by atoms with Crippen LogP contribution in [0.1, 0.15) is 58.9 Å². The van der Waals surface area contributed by atoms with Crippen LogP contribution in [0.15, 0.2) is 48.5 Å². The molecule has 0 unspecified atom stereocenters. The first kappa shape index (κ1) is 26.3. The number of nitrogens with one attached hydrogen (secondary N) is 1. The van der Waals surface area contributed by atoms with Crippen molar-refractivity contribution < 1.29 is 32.3 Å². The molecule has 196 valence electrons. The fourth-order valence-electron chi connectivity index (χ4n) is 4.73. The number of likely N-dealkylation sites (N-methyl/N-ethyl adjacent to an activating group) is 1. The molecule has 1 aliphatic heterocycles. The number of alkyl halides is 3. The molecular weight excluding hydrogens is 492 g/mol. The predicted molar refractivity (Wildman–Crippen MR) is 127 cm³/mol. The molecule has 4 rings (SSSR count). The number of halogens is 4. The standard InChI is InChI=1S/C26H26F4N4O3/c1-3-12-34-24-21(19(14-35)32-34)20(15-8-10-18(27)11-9-15)22(25(37)33(24)4-2)31-23(36)16-6-5-7-17(13-16)26(28,29)30/h5-11,13,20,22,35H,3-4,12,14H2,1-2H3,(H,31,36)/t20-,22-/m0/s1. The zero-order chi connectivity index (χ0) is 26.9. The number of aliphatic hydroxyl groups is 1. The van der Waals surface area contributed by atoms with Gasteiger partial charge in [-0.3, -0.25) is 14.5 Å².